The SMILES string of the molecule is CC(CO)(CO)[N+](=O)[O-].CCNCC.CCNCC. The Morgan fingerprint density at radius 2 is 1.21 bits per heavy atom. The molecule has 0 aromatic carbocycles. The summed E-state index contributed by atoms with van der Waals surface area (Å²) in [5, 5.41) is 32.9. The van der Waals surface area contributed by atoms with Gasteiger partial charge in [0.05, 0.1) is 0 Å². The first-order chi connectivity index (χ1) is 8.89. The lowest BCUT2D eigenvalue weighted by Gasteiger charge is -2.13. The minimum absolute atomic E-state index is 0.642. The van der Waals surface area contributed by atoms with Gasteiger partial charge in [0.1, 0.15) is 13.2 Å². The average Bonchev–Trinajstić information content (AvgIpc) is 2.41. The number of rotatable bonds is 7. The summed E-state index contributed by atoms with van der Waals surface area (Å²) < 4.78 is 0. The molecule has 0 aliphatic carbocycles. The van der Waals surface area contributed by atoms with Crippen molar-refractivity contribution in [3.63, 3.8) is 0 Å². The van der Waals surface area contributed by atoms with E-state index >= 15 is 0 Å². The molecule has 7 heteroatoms. The molecule has 0 atom stereocenters. The van der Waals surface area contributed by atoms with Crippen LogP contribution in [0.25, 0.3) is 0 Å². The molecule has 0 bridgehead atoms. The third kappa shape index (κ3) is 17.2. The summed E-state index contributed by atoms with van der Waals surface area (Å²) in [5.41, 5.74) is -1.58. The number of nitrogens with one attached hydrogen (secondary N) is 2. The van der Waals surface area contributed by atoms with E-state index in [1.165, 1.54) is 6.92 Å². The van der Waals surface area contributed by atoms with E-state index in [2.05, 4.69) is 38.3 Å². The molecule has 0 amide bonds. The zero-order chi connectivity index (χ0) is 15.7. The predicted octanol–water partition coefficient (Wildman–Crippen LogP) is 0.238. The van der Waals surface area contributed by atoms with E-state index in [9.17, 15) is 10.1 Å². The van der Waals surface area contributed by atoms with Crippen LogP contribution in [0.3, 0.4) is 0 Å². The van der Waals surface area contributed by atoms with E-state index in [1.54, 1.807) is 0 Å². The van der Waals surface area contributed by atoms with Gasteiger partial charge in [-0.05, 0) is 26.2 Å². The fourth-order valence-corrected chi connectivity index (χ4v) is 0.665. The Kier molecular flexibility index (Phi) is 21.2. The molecular weight excluding hydrogens is 250 g/mol. The second-order valence-corrected chi connectivity index (χ2v) is 3.98. The largest absolute Gasteiger partial charge is 0.389 e. The van der Waals surface area contributed by atoms with E-state index in [-0.39, 0.29) is 0 Å². The lowest BCUT2D eigenvalue weighted by molar-refractivity contribution is -0.572. The summed E-state index contributed by atoms with van der Waals surface area (Å²) in [6, 6.07) is 0. The van der Waals surface area contributed by atoms with Crippen LogP contribution in [0.1, 0.15) is 34.6 Å². The smallest absolute Gasteiger partial charge is 0.264 e. The summed E-state index contributed by atoms with van der Waals surface area (Å²) in [6.07, 6.45) is 0. The fraction of sp³-hybridized carbons (Fsp3) is 1.00. The molecule has 0 aromatic rings. The van der Waals surface area contributed by atoms with Crippen molar-refractivity contribution in [1.29, 1.82) is 0 Å². The molecule has 0 unspecified atom stereocenters. The molecule has 4 N–H and O–H groups in total. The van der Waals surface area contributed by atoms with Gasteiger partial charge in [-0.1, -0.05) is 27.7 Å². The molecule has 0 saturated carbocycles. The van der Waals surface area contributed by atoms with Gasteiger partial charge in [-0.3, -0.25) is 10.1 Å². The Morgan fingerprint density at radius 1 is 0.947 bits per heavy atom. The van der Waals surface area contributed by atoms with Crippen molar-refractivity contribution in [2.45, 2.75) is 40.2 Å². The predicted molar refractivity (Wildman–Crippen MR) is 78.0 cm³/mol. The Labute approximate surface area is 116 Å². The van der Waals surface area contributed by atoms with Gasteiger partial charge in [-0.2, -0.15) is 0 Å². The standard InChI is InChI=1S/C4H9NO4.2C4H11N/c1-4(2-6,3-7)5(8)9;2*1-3-5-4-2/h6-7H,2-3H2,1H3;2*5H,3-4H2,1-2H3. The first kappa shape index (κ1) is 23.3. The van der Waals surface area contributed by atoms with Gasteiger partial charge in [-0.15, -0.1) is 0 Å². The minimum atomic E-state index is -1.58. The van der Waals surface area contributed by atoms with Crippen molar-refractivity contribution < 1.29 is 15.1 Å². The molecule has 118 valence electrons. The quantitative estimate of drug-likeness (QED) is 0.393. The zero-order valence-electron chi connectivity index (χ0n) is 12.9. The van der Waals surface area contributed by atoms with Crippen molar-refractivity contribution in [3.8, 4) is 0 Å². The van der Waals surface area contributed by atoms with Crippen LogP contribution in [-0.2, 0) is 0 Å². The number of hydrogen-bond donors (Lipinski definition) is 4. The highest BCUT2D eigenvalue weighted by molar-refractivity contribution is 4.69. The molecule has 19 heavy (non-hydrogen) atoms. The maximum Gasteiger partial charge on any atom is 0.264 e. The molecule has 0 rings (SSSR count). The molecule has 0 aliphatic heterocycles. The summed E-state index contributed by atoms with van der Waals surface area (Å²) in [6.45, 7) is 12.7. The highest BCUT2D eigenvalue weighted by Crippen LogP contribution is 2.04. The van der Waals surface area contributed by atoms with Crippen molar-refractivity contribution in [2.24, 2.45) is 0 Å². The highest BCUT2D eigenvalue weighted by atomic mass is 16.6. The summed E-state index contributed by atoms with van der Waals surface area (Å²) in [5.74, 6) is 0. The van der Waals surface area contributed by atoms with Gasteiger partial charge in [0.25, 0.3) is 5.54 Å². The third-order valence-electron chi connectivity index (χ3n) is 2.12. The summed E-state index contributed by atoms with van der Waals surface area (Å²) in [7, 11) is 0. The van der Waals surface area contributed by atoms with Crippen LogP contribution in [0, 0.1) is 10.1 Å². The van der Waals surface area contributed by atoms with Crippen LogP contribution in [0.4, 0.5) is 0 Å². The second-order valence-electron chi connectivity index (χ2n) is 3.98. The number of aliphatic hydroxyl groups is 2. The summed E-state index contributed by atoms with van der Waals surface area (Å²) in [4.78, 5) is 9.27. The van der Waals surface area contributed by atoms with E-state index in [1.807, 2.05) is 0 Å². The van der Waals surface area contributed by atoms with Crippen LogP contribution < -0.4 is 10.6 Å². The number of hydrogen-bond acceptors (Lipinski definition) is 6. The second kappa shape index (κ2) is 17.2. The normalized spacial score (nSPS) is 9.84. The number of aliphatic hydroxyl groups excluding tert-OH is 2. The van der Waals surface area contributed by atoms with Crippen molar-refractivity contribution in [2.75, 3.05) is 39.4 Å². The van der Waals surface area contributed by atoms with Crippen molar-refractivity contribution in [3.05, 3.63) is 10.1 Å². The van der Waals surface area contributed by atoms with Crippen LogP contribution in [-0.4, -0.2) is 60.1 Å². The van der Waals surface area contributed by atoms with Crippen LogP contribution in [0.15, 0.2) is 0 Å². The van der Waals surface area contributed by atoms with E-state index in [4.69, 9.17) is 10.2 Å². The first-order valence-electron chi connectivity index (χ1n) is 6.67. The van der Waals surface area contributed by atoms with Gasteiger partial charge >= 0.3 is 0 Å². The molecule has 0 radical (unpaired) electrons. The fourth-order valence-electron chi connectivity index (χ4n) is 0.665. The Balaban J connectivity index is -0.000000219. The average molecular weight is 281 g/mol. The van der Waals surface area contributed by atoms with Gasteiger partial charge in [-0.25, -0.2) is 0 Å². The molecule has 0 heterocycles. The third-order valence-corrected chi connectivity index (χ3v) is 2.12. The first-order valence-corrected chi connectivity index (χ1v) is 6.67. The van der Waals surface area contributed by atoms with E-state index in [0.29, 0.717) is 0 Å². The minimum Gasteiger partial charge on any atom is -0.389 e. The maximum absolute atomic E-state index is 9.97. The van der Waals surface area contributed by atoms with Crippen LogP contribution in [0.5, 0.6) is 0 Å². The lowest BCUT2D eigenvalue weighted by atomic mass is 10.1. The maximum atomic E-state index is 9.97. The molecule has 7 nitrogen and oxygen atoms in total. The van der Waals surface area contributed by atoms with Gasteiger partial charge in [0.15, 0.2) is 0 Å². The Morgan fingerprint density at radius 3 is 1.21 bits per heavy atom. The van der Waals surface area contributed by atoms with Crippen LogP contribution in [0.2, 0.25) is 0 Å². The molecule has 0 aromatic heterocycles. The molecular formula is C12H31N3O4. The molecule has 0 saturated heterocycles. The topological polar surface area (TPSA) is 108 Å². The lowest BCUT2D eigenvalue weighted by Crippen LogP contribution is -2.42. The van der Waals surface area contributed by atoms with Crippen LogP contribution >= 0.6 is 0 Å². The van der Waals surface area contributed by atoms with Crippen molar-refractivity contribution in [1.82, 2.24) is 10.6 Å². The molecule has 0 aliphatic rings. The number of nitrogens with zero attached hydrogens (tertiary/aromatic N) is 1. The number of nitro groups is 1. The van der Waals surface area contributed by atoms with Gasteiger partial charge in [0.2, 0.25) is 0 Å². The molecule has 0 fully saturated rings. The Bertz CT molecular complexity index is 178. The monoisotopic (exact) mass is 281 g/mol. The van der Waals surface area contributed by atoms with E-state index in [0.717, 1.165) is 26.2 Å². The zero-order valence-corrected chi connectivity index (χ0v) is 12.9. The molecule has 0 spiro atoms. The van der Waals surface area contributed by atoms with Gasteiger partial charge in [0, 0.05) is 11.8 Å². The Hall–Kier alpha value is -0.760. The summed E-state index contributed by atoms with van der Waals surface area (Å²) >= 11 is 0. The highest BCUT2D eigenvalue weighted by Gasteiger charge is 2.35. The van der Waals surface area contributed by atoms with Crippen molar-refractivity contribution >= 4 is 0 Å². The van der Waals surface area contributed by atoms with E-state index < -0.39 is 23.7 Å². The van der Waals surface area contributed by atoms with Gasteiger partial charge < -0.3 is 20.8 Å².